The molecule has 21 heavy (non-hydrogen) atoms. The van der Waals surface area contributed by atoms with Crippen LogP contribution in [-0.2, 0) is 0 Å². The maximum absolute atomic E-state index is 10.9. The van der Waals surface area contributed by atoms with Crippen LogP contribution in [-0.4, -0.2) is 9.91 Å². The maximum Gasteiger partial charge on any atom is 0.272 e. The number of ether oxygens (including phenoxy) is 1. The zero-order chi connectivity index (χ0) is 15.6. The maximum atomic E-state index is 10.9. The van der Waals surface area contributed by atoms with Gasteiger partial charge in [-0.05, 0) is 44.0 Å². The van der Waals surface area contributed by atoms with E-state index in [1.54, 1.807) is 39.1 Å². The first-order valence-corrected chi connectivity index (χ1v) is 6.23. The molecule has 0 fully saturated rings. The van der Waals surface area contributed by atoms with Crippen LogP contribution in [0.15, 0.2) is 24.4 Å². The molecule has 0 aliphatic heterocycles. The highest BCUT2D eigenvalue weighted by atomic mass is 16.6. The molecule has 1 aromatic carbocycles. The van der Waals surface area contributed by atoms with Gasteiger partial charge < -0.3 is 4.74 Å². The molecule has 2 aromatic rings. The third kappa shape index (κ3) is 2.82. The fourth-order valence-corrected chi connectivity index (χ4v) is 1.93. The number of pyridine rings is 1. The Bertz CT molecular complexity index is 763. The van der Waals surface area contributed by atoms with Crippen molar-refractivity contribution in [2.75, 3.05) is 0 Å². The minimum absolute atomic E-state index is 0.0394. The van der Waals surface area contributed by atoms with Crippen molar-refractivity contribution >= 4 is 5.69 Å². The van der Waals surface area contributed by atoms with Gasteiger partial charge in [0.25, 0.3) is 5.69 Å². The smallest absolute Gasteiger partial charge is 0.272 e. The zero-order valence-electron chi connectivity index (χ0n) is 11.9. The Morgan fingerprint density at radius 2 is 1.95 bits per heavy atom. The summed E-state index contributed by atoms with van der Waals surface area (Å²) in [6.45, 7) is 5.14. The second kappa shape index (κ2) is 5.59. The number of benzene rings is 1. The largest absolute Gasteiger partial charge is 0.437 e. The summed E-state index contributed by atoms with van der Waals surface area (Å²) in [6.07, 6.45) is 1.55. The van der Waals surface area contributed by atoms with Crippen molar-refractivity contribution in [3.63, 3.8) is 0 Å². The third-order valence-electron chi connectivity index (χ3n) is 3.13. The minimum Gasteiger partial charge on any atom is -0.437 e. The highest BCUT2D eigenvalue weighted by Crippen LogP contribution is 2.32. The highest BCUT2D eigenvalue weighted by Gasteiger charge is 2.16. The molecule has 2 rings (SSSR count). The van der Waals surface area contributed by atoms with Crippen molar-refractivity contribution in [2.24, 2.45) is 0 Å². The van der Waals surface area contributed by atoms with Gasteiger partial charge in [-0.1, -0.05) is 0 Å². The highest BCUT2D eigenvalue weighted by molar-refractivity contribution is 5.52. The van der Waals surface area contributed by atoms with Crippen LogP contribution in [0.2, 0.25) is 0 Å². The van der Waals surface area contributed by atoms with Crippen molar-refractivity contribution in [1.82, 2.24) is 4.98 Å². The predicted molar refractivity (Wildman–Crippen MR) is 76.3 cm³/mol. The quantitative estimate of drug-likeness (QED) is 0.634. The Labute approximate surface area is 121 Å². The van der Waals surface area contributed by atoms with Gasteiger partial charge in [0.2, 0.25) is 5.88 Å². The number of hydrogen-bond donors (Lipinski definition) is 0. The molecule has 0 aliphatic rings. The molecule has 0 N–H and O–H groups in total. The first-order chi connectivity index (χ1) is 9.93. The number of nitriles is 1. The van der Waals surface area contributed by atoms with Crippen LogP contribution in [0.5, 0.6) is 11.6 Å². The van der Waals surface area contributed by atoms with Gasteiger partial charge in [0.15, 0.2) is 0 Å². The summed E-state index contributed by atoms with van der Waals surface area (Å²) in [7, 11) is 0. The van der Waals surface area contributed by atoms with Gasteiger partial charge in [-0.3, -0.25) is 10.1 Å². The lowest BCUT2D eigenvalue weighted by molar-refractivity contribution is -0.385. The summed E-state index contributed by atoms with van der Waals surface area (Å²) in [4.78, 5) is 14.5. The molecule has 1 heterocycles. The summed E-state index contributed by atoms with van der Waals surface area (Å²) in [5.74, 6) is 0.654. The van der Waals surface area contributed by atoms with E-state index in [0.717, 1.165) is 5.56 Å². The number of nitrogens with zero attached hydrogens (tertiary/aromatic N) is 3. The molecular formula is C15H13N3O3. The molecule has 6 nitrogen and oxygen atoms in total. The van der Waals surface area contributed by atoms with Crippen molar-refractivity contribution in [3.05, 3.63) is 56.8 Å². The summed E-state index contributed by atoms with van der Waals surface area (Å²) in [5, 5.41) is 20.1. The minimum atomic E-state index is -0.433. The topological polar surface area (TPSA) is 89.1 Å². The van der Waals surface area contributed by atoms with Gasteiger partial charge >= 0.3 is 0 Å². The van der Waals surface area contributed by atoms with Crippen LogP contribution in [0, 0.1) is 42.2 Å². The molecule has 106 valence electrons. The van der Waals surface area contributed by atoms with E-state index in [9.17, 15) is 10.1 Å². The lowest BCUT2D eigenvalue weighted by atomic mass is 10.1. The number of hydrogen-bond acceptors (Lipinski definition) is 5. The molecule has 0 amide bonds. The molecule has 0 atom stereocenters. The van der Waals surface area contributed by atoms with Gasteiger partial charge in [-0.25, -0.2) is 4.98 Å². The Kier molecular flexibility index (Phi) is 3.85. The average Bonchev–Trinajstić information content (AvgIpc) is 2.42. The van der Waals surface area contributed by atoms with E-state index < -0.39 is 4.92 Å². The zero-order valence-corrected chi connectivity index (χ0v) is 11.9. The monoisotopic (exact) mass is 283 g/mol. The van der Waals surface area contributed by atoms with E-state index in [1.165, 1.54) is 6.07 Å². The van der Waals surface area contributed by atoms with Crippen LogP contribution in [0.25, 0.3) is 0 Å². The SMILES string of the molecule is Cc1cc([N+](=O)[O-])c(C)cc1Oc1nccc(C)c1C#N. The Morgan fingerprint density at radius 1 is 1.24 bits per heavy atom. The summed E-state index contributed by atoms with van der Waals surface area (Å²) < 4.78 is 5.67. The molecule has 6 heteroatoms. The van der Waals surface area contributed by atoms with Gasteiger partial charge in [0.05, 0.1) is 4.92 Å². The molecule has 0 bridgehead atoms. The molecule has 0 saturated heterocycles. The number of aryl methyl sites for hydroxylation is 3. The van der Waals surface area contributed by atoms with E-state index in [4.69, 9.17) is 10.00 Å². The fourth-order valence-electron chi connectivity index (χ4n) is 1.93. The molecule has 0 saturated carbocycles. The first-order valence-electron chi connectivity index (χ1n) is 6.23. The lowest BCUT2D eigenvalue weighted by Crippen LogP contribution is -1.98. The second-order valence-electron chi connectivity index (χ2n) is 4.68. The standard InChI is InChI=1S/C15H13N3O3/c1-9-4-5-17-15(12(9)8-16)21-14-7-10(2)13(18(19)20)6-11(14)3/h4-7H,1-3H3. The second-order valence-corrected chi connectivity index (χ2v) is 4.68. The Hall–Kier alpha value is -2.94. The Morgan fingerprint density at radius 3 is 2.57 bits per heavy atom. The third-order valence-corrected chi connectivity index (χ3v) is 3.13. The lowest BCUT2D eigenvalue weighted by Gasteiger charge is -2.11. The van der Waals surface area contributed by atoms with E-state index in [2.05, 4.69) is 11.1 Å². The van der Waals surface area contributed by atoms with Crippen molar-refractivity contribution in [2.45, 2.75) is 20.8 Å². The van der Waals surface area contributed by atoms with E-state index >= 15 is 0 Å². The van der Waals surface area contributed by atoms with Gasteiger partial charge in [0, 0.05) is 17.8 Å². The number of nitro benzene ring substituents is 1. The van der Waals surface area contributed by atoms with Gasteiger partial charge in [0.1, 0.15) is 17.4 Å². The van der Waals surface area contributed by atoms with Gasteiger partial charge in [-0.15, -0.1) is 0 Å². The van der Waals surface area contributed by atoms with Gasteiger partial charge in [-0.2, -0.15) is 5.26 Å². The van der Waals surface area contributed by atoms with Crippen LogP contribution in [0.3, 0.4) is 0 Å². The van der Waals surface area contributed by atoms with Crippen LogP contribution in [0.1, 0.15) is 22.3 Å². The van der Waals surface area contributed by atoms with E-state index in [-0.39, 0.29) is 11.6 Å². The number of aromatic nitrogens is 1. The van der Waals surface area contributed by atoms with E-state index in [1.807, 2.05) is 0 Å². The number of rotatable bonds is 3. The molecule has 0 radical (unpaired) electrons. The Balaban J connectivity index is 2.47. The molecule has 0 aliphatic carbocycles. The predicted octanol–water partition coefficient (Wildman–Crippen LogP) is 3.58. The van der Waals surface area contributed by atoms with Crippen molar-refractivity contribution in [3.8, 4) is 17.7 Å². The van der Waals surface area contributed by atoms with Crippen LogP contribution in [0.4, 0.5) is 5.69 Å². The van der Waals surface area contributed by atoms with Crippen LogP contribution >= 0.6 is 0 Å². The van der Waals surface area contributed by atoms with Crippen molar-refractivity contribution < 1.29 is 9.66 Å². The van der Waals surface area contributed by atoms with Crippen molar-refractivity contribution in [1.29, 1.82) is 5.26 Å². The first kappa shape index (κ1) is 14.5. The molecular weight excluding hydrogens is 270 g/mol. The molecule has 0 spiro atoms. The molecule has 1 aromatic heterocycles. The average molecular weight is 283 g/mol. The summed E-state index contributed by atoms with van der Waals surface area (Å²) >= 11 is 0. The normalized spacial score (nSPS) is 10.0. The molecule has 0 unspecified atom stereocenters. The van der Waals surface area contributed by atoms with E-state index in [0.29, 0.717) is 22.4 Å². The fraction of sp³-hybridized carbons (Fsp3) is 0.200. The van der Waals surface area contributed by atoms with Crippen LogP contribution < -0.4 is 4.74 Å². The summed E-state index contributed by atoms with van der Waals surface area (Å²) in [6, 6.07) is 6.81. The summed E-state index contributed by atoms with van der Waals surface area (Å²) in [5.41, 5.74) is 2.26. The number of nitro groups is 1.